The normalized spacial score (nSPS) is 14.7. The van der Waals surface area contributed by atoms with E-state index in [1.54, 1.807) is 31.2 Å². The lowest BCUT2D eigenvalue weighted by atomic mass is 10.2. The number of ether oxygens (including phenoxy) is 1. The molecule has 0 aromatic heterocycles. The maximum absolute atomic E-state index is 12.2. The van der Waals surface area contributed by atoms with Crippen LogP contribution >= 0.6 is 0 Å². The molecular formula is C14H16N2O3. The number of hydrogen-bond acceptors (Lipinski definition) is 4. The molecule has 19 heavy (non-hydrogen) atoms. The van der Waals surface area contributed by atoms with Crippen LogP contribution in [0.25, 0.3) is 0 Å². The van der Waals surface area contributed by atoms with E-state index in [1.807, 2.05) is 6.07 Å². The lowest BCUT2D eigenvalue weighted by Gasteiger charge is -2.16. The summed E-state index contributed by atoms with van der Waals surface area (Å²) in [4.78, 5) is 25.4. The van der Waals surface area contributed by atoms with Crippen LogP contribution in [-0.4, -0.2) is 36.5 Å². The number of carbonyl (C=O) groups excluding carboxylic acids is 2. The average molecular weight is 260 g/mol. The zero-order valence-corrected chi connectivity index (χ0v) is 10.8. The van der Waals surface area contributed by atoms with Crippen LogP contribution in [0.4, 0.5) is 0 Å². The van der Waals surface area contributed by atoms with Crippen molar-refractivity contribution in [3.05, 3.63) is 47.2 Å². The molecule has 0 saturated carbocycles. The monoisotopic (exact) mass is 260 g/mol. The molecule has 1 heterocycles. The van der Waals surface area contributed by atoms with Crippen molar-refractivity contribution in [2.24, 2.45) is 5.73 Å². The summed E-state index contributed by atoms with van der Waals surface area (Å²) in [5, 5.41) is 0. The Morgan fingerprint density at radius 1 is 1.26 bits per heavy atom. The molecule has 0 spiro atoms. The van der Waals surface area contributed by atoms with E-state index in [-0.39, 0.29) is 19.0 Å². The molecule has 5 heteroatoms. The summed E-state index contributed by atoms with van der Waals surface area (Å²) >= 11 is 0. The summed E-state index contributed by atoms with van der Waals surface area (Å²) in [6.45, 7) is 2.50. The Morgan fingerprint density at radius 2 is 1.95 bits per heavy atom. The third-order valence-corrected chi connectivity index (χ3v) is 2.93. The van der Waals surface area contributed by atoms with Crippen LogP contribution in [-0.2, 0) is 9.53 Å². The van der Waals surface area contributed by atoms with E-state index >= 15 is 0 Å². The molecule has 1 aromatic rings. The van der Waals surface area contributed by atoms with Crippen LogP contribution < -0.4 is 5.73 Å². The van der Waals surface area contributed by atoms with Crippen LogP contribution in [0.15, 0.2) is 41.6 Å². The van der Waals surface area contributed by atoms with Crippen molar-refractivity contribution in [3.63, 3.8) is 0 Å². The van der Waals surface area contributed by atoms with Gasteiger partial charge in [-0.15, -0.1) is 0 Å². The van der Waals surface area contributed by atoms with E-state index in [1.165, 1.54) is 4.90 Å². The average Bonchev–Trinajstić information content (AvgIpc) is 2.81. The van der Waals surface area contributed by atoms with Gasteiger partial charge in [0.05, 0.1) is 25.3 Å². The second kappa shape index (κ2) is 5.56. The molecule has 0 fully saturated rings. The fourth-order valence-electron chi connectivity index (χ4n) is 1.97. The Bertz CT molecular complexity index is 523. The first-order valence-electron chi connectivity index (χ1n) is 6.12. The van der Waals surface area contributed by atoms with Gasteiger partial charge in [0.25, 0.3) is 5.91 Å². The number of nitrogens with zero attached hydrogens (tertiary/aromatic N) is 1. The first-order valence-corrected chi connectivity index (χ1v) is 6.12. The Kier molecular flexibility index (Phi) is 3.85. The molecule has 0 atom stereocenters. The largest absolute Gasteiger partial charge is 0.463 e. The topological polar surface area (TPSA) is 72.6 Å². The third-order valence-electron chi connectivity index (χ3n) is 2.93. The van der Waals surface area contributed by atoms with Crippen molar-refractivity contribution in [2.45, 2.75) is 6.92 Å². The fourth-order valence-corrected chi connectivity index (χ4v) is 1.97. The first kappa shape index (κ1) is 13.1. The summed E-state index contributed by atoms with van der Waals surface area (Å²) in [5.74, 6) is -0.578. The van der Waals surface area contributed by atoms with Crippen molar-refractivity contribution in [1.29, 1.82) is 0 Å². The number of esters is 1. The highest BCUT2D eigenvalue weighted by atomic mass is 16.5. The van der Waals surface area contributed by atoms with Gasteiger partial charge in [-0.25, -0.2) is 4.79 Å². The van der Waals surface area contributed by atoms with Crippen LogP contribution in [0.5, 0.6) is 0 Å². The highest BCUT2D eigenvalue weighted by molar-refractivity contribution is 5.97. The van der Waals surface area contributed by atoms with E-state index in [0.29, 0.717) is 23.4 Å². The predicted octanol–water partition coefficient (Wildman–Crippen LogP) is 0.918. The van der Waals surface area contributed by atoms with Gasteiger partial charge in [0.1, 0.15) is 0 Å². The molecule has 0 saturated heterocycles. The quantitative estimate of drug-likeness (QED) is 0.820. The lowest BCUT2D eigenvalue weighted by molar-refractivity contribution is -0.138. The number of benzene rings is 1. The number of rotatable bonds is 3. The second-order valence-electron chi connectivity index (χ2n) is 4.25. The van der Waals surface area contributed by atoms with Gasteiger partial charge in [-0.05, 0) is 19.1 Å². The first-order chi connectivity index (χ1) is 9.13. The Labute approximate surface area is 111 Å². The molecule has 5 nitrogen and oxygen atoms in total. The van der Waals surface area contributed by atoms with E-state index in [2.05, 4.69) is 0 Å². The zero-order valence-electron chi connectivity index (χ0n) is 10.8. The number of carbonyl (C=O) groups is 2. The smallest absolute Gasteiger partial charge is 0.337 e. The maximum atomic E-state index is 12.2. The molecule has 1 aliphatic rings. The van der Waals surface area contributed by atoms with Crippen LogP contribution in [0.1, 0.15) is 17.3 Å². The van der Waals surface area contributed by atoms with Crippen molar-refractivity contribution < 1.29 is 14.3 Å². The molecule has 1 amide bonds. The van der Waals surface area contributed by atoms with Crippen LogP contribution in [0, 0.1) is 0 Å². The molecule has 1 aliphatic heterocycles. The standard InChI is InChI=1S/C14H16N2O3/c1-2-19-14(18)11-8-16(9-12(11)15)13(17)10-6-4-3-5-7-10/h3-7H,2,8-9,15H2,1H3. The highest BCUT2D eigenvalue weighted by Crippen LogP contribution is 2.17. The number of hydrogen-bond donors (Lipinski definition) is 1. The summed E-state index contributed by atoms with van der Waals surface area (Å²) in [7, 11) is 0. The molecule has 2 N–H and O–H groups in total. The fraction of sp³-hybridized carbons (Fsp3) is 0.286. The van der Waals surface area contributed by atoms with Crippen molar-refractivity contribution in [2.75, 3.05) is 19.7 Å². The third kappa shape index (κ3) is 2.76. The van der Waals surface area contributed by atoms with Crippen molar-refractivity contribution in [3.8, 4) is 0 Å². The van der Waals surface area contributed by atoms with Crippen LogP contribution in [0.3, 0.4) is 0 Å². The van der Waals surface area contributed by atoms with Gasteiger partial charge in [0.2, 0.25) is 0 Å². The predicted molar refractivity (Wildman–Crippen MR) is 70.2 cm³/mol. The Morgan fingerprint density at radius 3 is 2.58 bits per heavy atom. The summed E-state index contributed by atoms with van der Waals surface area (Å²) in [6.07, 6.45) is 0. The van der Waals surface area contributed by atoms with E-state index in [0.717, 1.165) is 0 Å². The summed E-state index contributed by atoms with van der Waals surface area (Å²) in [6, 6.07) is 8.91. The molecule has 0 bridgehead atoms. The summed E-state index contributed by atoms with van der Waals surface area (Å²) < 4.78 is 4.92. The maximum Gasteiger partial charge on any atom is 0.337 e. The Hall–Kier alpha value is -2.30. The highest BCUT2D eigenvalue weighted by Gasteiger charge is 2.29. The minimum absolute atomic E-state index is 0.136. The van der Waals surface area contributed by atoms with Gasteiger partial charge in [-0.1, -0.05) is 18.2 Å². The zero-order chi connectivity index (χ0) is 13.8. The summed E-state index contributed by atoms with van der Waals surface area (Å²) in [5.41, 5.74) is 7.17. The SMILES string of the molecule is CCOC(=O)C1=C(N)CN(C(=O)c2ccccc2)C1. The van der Waals surface area contributed by atoms with Crippen molar-refractivity contribution >= 4 is 11.9 Å². The van der Waals surface area contributed by atoms with Gasteiger partial charge in [-0.3, -0.25) is 4.79 Å². The van der Waals surface area contributed by atoms with E-state index in [9.17, 15) is 9.59 Å². The molecule has 2 rings (SSSR count). The van der Waals surface area contributed by atoms with Gasteiger partial charge in [0.15, 0.2) is 0 Å². The molecule has 0 aliphatic carbocycles. The number of amides is 1. The van der Waals surface area contributed by atoms with E-state index < -0.39 is 5.97 Å². The van der Waals surface area contributed by atoms with E-state index in [4.69, 9.17) is 10.5 Å². The van der Waals surface area contributed by atoms with Gasteiger partial charge < -0.3 is 15.4 Å². The lowest BCUT2D eigenvalue weighted by Crippen LogP contribution is -2.30. The Balaban J connectivity index is 2.08. The van der Waals surface area contributed by atoms with Crippen LogP contribution in [0.2, 0.25) is 0 Å². The molecule has 0 unspecified atom stereocenters. The van der Waals surface area contributed by atoms with Gasteiger partial charge in [-0.2, -0.15) is 0 Å². The molecule has 1 aromatic carbocycles. The van der Waals surface area contributed by atoms with Crippen molar-refractivity contribution in [1.82, 2.24) is 4.90 Å². The van der Waals surface area contributed by atoms with Gasteiger partial charge in [0, 0.05) is 11.3 Å². The minimum Gasteiger partial charge on any atom is -0.463 e. The molecule has 100 valence electrons. The van der Waals surface area contributed by atoms with Gasteiger partial charge >= 0.3 is 5.97 Å². The minimum atomic E-state index is -0.441. The molecule has 0 radical (unpaired) electrons. The second-order valence-corrected chi connectivity index (χ2v) is 4.25. The number of nitrogens with two attached hydrogens (primary N) is 1. The molecular weight excluding hydrogens is 244 g/mol.